The molecule has 0 aliphatic carbocycles. The van der Waals surface area contributed by atoms with Crippen LogP contribution in [0.25, 0.3) is 0 Å². The molecule has 19 heavy (non-hydrogen) atoms. The first-order valence-electron chi connectivity index (χ1n) is 4.91. The van der Waals surface area contributed by atoms with Gasteiger partial charge in [0.1, 0.15) is 6.10 Å². The van der Waals surface area contributed by atoms with Gasteiger partial charge >= 0.3 is 18.6 Å². The fourth-order valence-electron chi connectivity index (χ4n) is 0.654. The van der Waals surface area contributed by atoms with Crippen molar-refractivity contribution in [2.45, 2.75) is 6.10 Å². The summed E-state index contributed by atoms with van der Waals surface area (Å²) in [4.78, 5) is 0. The molecular weight excluding hydrogens is 679 g/mol. The Balaban J connectivity index is -0.0000000830. The summed E-state index contributed by atoms with van der Waals surface area (Å²) in [5.74, 6) is 0. The van der Waals surface area contributed by atoms with Crippen LogP contribution < -0.4 is 5.73 Å². The van der Waals surface area contributed by atoms with E-state index < -0.39 is 0 Å². The summed E-state index contributed by atoms with van der Waals surface area (Å²) in [6, 6.07) is 13.0. The maximum atomic E-state index is 4.82. The number of hydrogen-bond donors (Lipinski definition) is 1. The monoisotopic (exact) mass is 697 g/mol. The minimum absolute atomic E-state index is 0. The van der Waals surface area contributed by atoms with Gasteiger partial charge in [-0.05, 0) is 0 Å². The van der Waals surface area contributed by atoms with Gasteiger partial charge in [0.25, 0.3) is 0 Å². The van der Waals surface area contributed by atoms with E-state index in [0.717, 1.165) is 13.2 Å². The van der Waals surface area contributed by atoms with E-state index in [1.165, 1.54) is 0 Å². The normalized spacial score (nSPS) is 13.4. The fourth-order valence-corrected chi connectivity index (χ4v) is 0.654. The third-order valence-corrected chi connectivity index (χ3v) is 1.31. The van der Waals surface area contributed by atoms with Gasteiger partial charge in [0.2, 0.25) is 0 Å². The second-order valence-electron chi connectivity index (χ2n) is 2.70. The molecular formula is C12H18I2NO2VW-. The molecule has 1 unspecified atom stereocenters. The molecule has 1 radical (unpaired) electrons. The molecule has 1 heterocycles. The second-order valence-corrected chi connectivity index (χ2v) is 2.70. The van der Waals surface area contributed by atoms with Crippen molar-refractivity contribution in [2.24, 2.45) is 5.73 Å². The van der Waals surface area contributed by atoms with E-state index >= 15 is 0 Å². The Morgan fingerprint density at radius 2 is 1.63 bits per heavy atom. The zero-order valence-electron chi connectivity index (χ0n) is 10.7. The van der Waals surface area contributed by atoms with Crippen molar-refractivity contribution in [1.29, 1.82) is 0 Å². The largest absolute Gasteiger partial charge is 2.00 e. The Morgan fingerprint density at radius 1 is 1.32 bits per heavy atom. The van der Waals surface area contributed by atoms with Crippen molar-refractivity contribution in [1.82, 2.24) is 0 Å². The van der Waals surface area contributed by atoms with Crippen LogP contribution in [0.1, 0.15) is 0 Å². The number of rotatable bonds is 2. The fraction of sp³-hybridized carbons (Fsp3) is 0.417. The molecule has 1 aromatic rings. The molecule has 0 spiro atoms. The molecule has 2 N–H and O–H groups in total. The molecule has 109 valence electrons. The molecule has 1 aromatic carbocycles. The third-order valence-electron chi connectivity index (χ3n) is 1.31. The Kier molecular flexibility index (Phi) is 42.7. The summed E-state index contributed by atoms with van der Waals surface area (Å²) < 4.78 is 9.56. The van der Waals surface area contributed by atoms with Crippen LogP contribution in [0.4, 0.5) is 0 Å². The predicted octanol–water partition coefficient (Wildman–Crippen LogP) is 2.86. The molecule has 0 saturated carbocycles. The zero-order valence-corrected chi connectivity index (χ0v) is 19.4. The molecule has 0 amide bonds. The number of nitrogens with two attached hydrogens (primary N) is 1. The SMILES string of the molecule is COCC1CO1.II.[CH2-]CN.[V+2].[W].[c-]1cc[c-]cc1. The minimum Gasteiger partial charge on any atom is -0.382 e. The first kappa shape index (κ1) is 28.9. The van der Waals surface area contributed by atoms with Gasteiger partial charge < -0.3 is 34.3 Å². The van der Waals surface area contributed by atoms with Gasteiger partial charge in [-0.3, -0.25) is 24.3 Å². The predicted molar refractivity (Wildman–Crippen MR) is 88.2 cm³/mol. The van der Waals surface area contributed by atoms with Gasteiger partial charge in [-0.25, -0.2) is 0 Å². The number of epoxide rings is 1. The summed E-state index contributed by atoms with van der Waals surface area (Å²) in [5.41, 5.74) is 4.74. The Hall–Kier alpha value is 1.83. The van der Waals surface area contributed by atoms with E-state index in [1.54, 1.807) is 7.11 Å². The number of halogens is 2. The van der Waals surface area contributed by atoms with Gasteiger partial charge in [0, 0.05) is 65.4 Å². The van der Waals surface area contributed by atoms with E-state index in [4.69, 9.17) is 15.2 Å². The topological polar surface area (TPSA) is 47.8 Å². The Labute approximate surface area is 166 Å². The van der Waals surface area contributed by atoms with Gasteiger partial charge in [0.15, 0.2) is 0 Å². The van der Waals surface area contributed by atoms with Crippen LogP contribution in [0, 0.1) is 19.1 Å². The van der Waals surface area contributed by atoms with E-state index in [-0.39, 0.29) is 39.6 Å². The van der Waals surface area contributed by atoms with Gasteiger partial charge in [-0.2, -0.15) is 0 Å². The quantitative estimate of drug-likeness (QED) is 0.294. The molecule has 7 heteroatoms. The van der Waals surface area contributed by atoms with Crippen molar-refractivity contribution >= 4 is 37.2 Å². The second kappa shape index (κ2) is 28.1. The van der Waals surface area contributed by atoms with E-state index in [9.17, 15) is 0 Å². The molecule has 1 atom stereocenters. The zero-order chi connectivity index (χ0) is 13.4. The molecule has 3 nitrogen and oxygen atoms in total. The molecule has 1 aliphatic heterocycles. The number of hydrogen-bond acceptors (Lipinski definition) is 3. The van der Waals surface area contributed by atoms with E-state index in [2.05, 4.69) is 56.3 Å². The standard InChI is InChI=1S/C6H4.C4H8O2.C2H6N.I2.V.W/c1-2-4-6-5-3-1;1-5-2-4-3-6-4;1-2-3;1-2;;/h1-2,5-6H;4H,2-3H2,1H3;1-3H2;;;/q-2;;-1;;+2;. The van der Waals surface area contributed by atoms with Gasteiger partial charge in [-0.15, -0.1) is 6.54 Å². The minimum atomic E-state index is 0. The van der Waals surface area contributed by atoms with Gasteiger partial charge in [-0.1, -0.05) is 0 Å². The molecule has 0 aromatic heterocycles. The van der Waals surface area contributed by atoms with E-state index in [1.807, 2.05) is 24.3 Å². The first-order chi connectivity index (χ1) is 8.35. The number of benzene rings is 1. The molecule has 2 rings (SSSR count). The third kappa shape index (κ3) is 33.0. The van der Waals surface area contributed by atoms with E-state index in [0.29, 0.717) is 12.6 Å². The Morgan fingerprint density at radius 3 is 1.74 bits per heavy atom. The molecule has 1 fully saturated rings. The summed E-state index contributed by atoms with van der Waals surface area (Å²) in [6.45, 7) is 5.42. The summed E-state index contributed by atoms with van der Waals surface area (Å²) in [6.07, 6.45) is 0.426. The van der Waals surface area contributed by atoms with Crippen LogP contribution in [-0.4, -0.2) is 33.0 Å². The average Bonchev–Trinajstić information content (AvgIpc) is 3.20. The van der Waals surface area contributed by atoms with Gasteiger partial charge in [0.05, 0.1) is 13.2 Å². The maximum absolute atomic E-state index is 4.82. The van der Waals surface area contributed by atoms with Crippen molar-refractivity contribution in [3.8, 4) is 0 Å². The molecule has 1 saturated heterocycles. The molecule has 0 bridgehead atoms. The van der Waals surface area contributed by atoms with Crippen molar-refractivity contribution in [3.63, 3.8) is 0 Å². The van der Waals surface area contributed by atoms with Crippen molar-refractivity contribution in [3.05, 3.63) is 43.3 Å². The van der Waals surface area contributed by atoms with Crippen molar-refractivity contribution < 1.29 is 49.1 Å². The van der Waals surface area contributed by atoms with Crippen LogP contribution >= 0.6 is 37.2 Å². The van der Waals surface area contributed by atoms with Crippen LogP contribution in [0.5, 0.6) is 0 Å². The molecule has 1 aliphatic rings. The summed E-state index contributed by atoms with van der Waals surface area (Å²) >= 11 is 4.24. The number of ether oxygens (including phenoxy) is 2. The summed E-state index contributed by atoms with van der Waals surface area (Å²) in [5, 5.41) is 0. The van der Waals surface area contributed by atoms with Crippen LogP contribution in [0.2, 0.25) is 0 Å². The summed E-state index contributed by atoms with van der Waals surface area (Å²) in [7, 11) is 1.68. The number of methoxy groups -OCH3 is 1. The van der Waals surface area contributed by atoms with Crippen LogP contribution in [0.15, 0.2) is 24.3 Å². The Bertz CT molecular complexity index is 193. The first-order valence-corrected chi connectivity index (χ1v) is 11.2. The van der Waals surface area contributed by atoms with Crippen LogP contribution in [-0.2, 0) is 49.1 Å². The smallest absolute Gasteiger partial charge is 0.382 e. The average molecular weight is 697 g/mol. The van der Waals surface area contributed by atoms with Crippen LogP contribution in [0.3, 0.4) is 0 Å². The van der Waals surface area contributed by atoms with Crippen molar-refractivity contribution in [2.75, 3.05) is 26.9 Å². The maximum Gasteiger partial charge on any atom is 2.00 e.